The lowest BCUT2D eigenvalue weighted by atomic mass is 10.3. The Labute approximate surface area is 118 Å². The minimum absolute atomic E-state index is 0.127. The predicted octanol–water partition coefficient (Wildman–Crippen LogP) is 4.23. The van der Waals surface area contributed by atoms with Crippen LogP contribution in [0.5, 0.6) is 0 Å². The minimum Gasteiger partial charge on any atom is -0.258 e. The Morgan fingerprint density at radius 1 is 1.61 bits per heavy atom. The number of fused-ring (bicyclic) bond motifs is 1. The first-order valence-corrected chi connectivity index (χ1v) is 7.52. The highest BCUT2D eigenvalue weighted by atomic mass is 35.5. The normalized spacial score (nSPS) is 12.8. The Hall–Kier alpha value is -0.850. The SMILES string of the molecule is Cc1nc2cc(SC(C)CCl)c([N+](=O)[O-])cc2s1. The number of halogens is 1. The first-order valence-electron chi connectivity index (χ1n) is 5.29. The van der Waals surface area contributed by atoms with Gasteiger partial charge < -0.3 is 0 Å². The second kappa shape index (κ2) is 5.42. The van der Waals surface area contributed by atoms with Crippen molar-refractivity contribution in [3.8, 4) is 0 Å². The highest BCUT2D eigenvalue weighted by Gasteiger charge is 2.19. The van der Waals surface area contributed by atoms with Crippen LogP contribution >= 0.6 is 34.7 Å². The molecule has 0 amide bonds. The molecule has 0 bridgehead atoms. The third-order valence-corrected chi connectivity index (χ3v) is 5.05. The van der Waals surface area contributed by atoms with Gasteiger partial charge in [-0.25, -0.2) is 4.98 Å². The summed E-state index contributed by atoms with van der Waals surface area (Å²) < 4.78 is 0.849. The number of hydrogen-bond acceptors (Lipinski definition) is 5. The number of rotatable bonds is 4. The Morgan fingerprint density at radius 3 is 2.94 bits per heavy atom. The molecule has 0 aliphatic rings. The largest absolute Gasteiger partial charge is 0.284 e. The van der Waals surface area contributed by atoms with Crippen molar-refractivity contribution in [2.24, 2.45) is 0 Å². The van der Waals surface area contributed by atoms with Crippen LogP contribution in [-0.4, -0.2) is 21.0 Å². The number of hydrogen-bond donors (Lipinski definition) is 0. The molecule has 7 heteroatoms. The number of nitrogens with zero attached hydrogens (tertiary/aromatic N) is 2. The van der Waals surface area contributed by atoms with Gasteiger partial charge in [0, 0.05) is 17.2 Å². The molecule has 1 atom stereocenters. The molecule has 1 aromatic carbocycles. The van der Waals surface area contributed by atoms with Crippen molar-refractivity contribution in [2.75, 3.05) is 5.88 Å². The van der Waals surface area contributed by atoms with Crippen LogP contribution in [0.3, 0.4) is 0 Å². The van der Waals surface area contributed by atoms with E-state index in [0.717, 1.165) is 15.2 Å². The molecule has 0 aliphatic carbocycles. The van der Waals surface area contributed by atoms with Crippen LogP contribution < -0.4 is 0 Å². The highest BCUT2D eigenvalue weighted by molar-refractivity contribution is 8.00. The zero-order chi connectivity index (χ0) is 13.3. The van der Waals surface area contributed by atoms with Gasteiger partial charge in [-0.1, -0.05) is 6.92 Å². The van der Waals surface area contributed by atoms with Crippen LogP contribution in [0, 0.1) is 17.0 Å². The fraction of sp³-hybridized carbons (Fsp3) is 0.364. The molecule has 4 nitrogen and oxygen atoms in total. The third kappa shape index (κ3) is 2.76. The van der Waals surface area contributed by atoms with Crippen molar-refractivity contribution in [3.05, 3.63) is 27.3 Å². The van der Waals surface area contributed by atoms with E-state index in [1.165, 1.54) is 23.1 Å². The molecule has 0 spiro atoms. The fourth-order valence-corrected chi connectivity index (χ4v) is 3.51. The maximum atomic E-state index is 11.1. The second-order valence-corrected chi connectivity index (χ2v) is 6.88. The van der Waals surface area contributed by atoms with E-state index in [-0.39, 0.29) is 15.9 Å². The van der Waals surface area contributed by atoms with Gasteiger partial charge in [0.05, 0.1) is 25.0 Å². The molecule has 0 fully saturated rings. The topological polar surface area (TPSA) is 56.0 Å². The molecule has 0 saturated carbocycles. The van der Waals surface area contributed by atoms with Crippen LogP contribution in [-0.2, 0) is 0 Å². The number of aryl methyl sites for hydroxylation is 1. The van der Waals surface area contributed by atoms with E-state index in [1.54, 1.807) is 12.1 Å². The van der Waals surface area contributed by atoms with E-state index in [4.69, 9.17) is 11.6 Å². The Kier molecular flexibility index (Phi) is 4.09. The number of benzene rings is 1. The number of aromatic nitrogens is 1. The van der Waals surface area contributed by atoms with E-state index >= 15 is 0 Å². The van der Waals surface area contributed by atoms with Crippen LogP contribution in [0.4, 0.5) is 5.69 Å². The molecule has 0 saturated heterocycles. The smallest absolute Gasteiger partial charge is 0.258 e. The summed E-state index contributed by atoms with van der Waals surface area (Å²) >= 11 is 8.63. The van der Waals surface area contributed by atoms with Gasteiger partial charge in [-0.15, -0.1) is 34.7 Å². The summed E-state index contributed by atoms with van der Waals surface area (Å²) in [5.74, 6) is 0.454. The summed E-state index contributed by atoms with van der Waals surface area (Å²) in [6.45, 7) is 3.84. The molecule has 1 heterocycles. The van der Waals surface area contributed by atoms with E-state index in [2.05, 4.69) is 4.98 Å². The van der Waals surface area contributed by atoms with Crippen LogP contribution in [0.2, 0.25) is 0 Å². The zero-order valence-corrected chi connectivity index (χ0v) is 12.2. The third-order valence-electron chi connectivity index (χ3n) is 2.32. The molecule has 0 radical (unpaired) electrons. The van der Waals surface area contributed by atoms with Crippen molar-refractivity contribution < 1.29 is 4.92 Å². The summed E-state index contributed by atoms with van der Waals surface area (Å²) in [5.41, 5.74) is 0.945. The molecule has 1 aromatic heterocycles. The molecule has 1 unspecified atom stereocenters. The summed E-state index contributed by atoms with van der Waals surface area (Å²) in [7, 11) is 0. The molecular formula is C11H11ClN2O2S2. The number of thiazole rings is 1. The second-order valence-electron chi connectivity index (χ2n) is 3.86. The van der Waals surface area contributed by atoms with Gasteiger partial charge in [0.2, 0.25) is 0 Å². The van der Waals surface area contributed by atoms with Gasteiger partial charge in [-0.3, -0.25) is 10.1 Å². The van der Waals surface area contributed by atoms with Crippen molar-refractivity contribution in [3.63, 3.8) is 0 Å². The van der Waals surface area contributed by atoms with Gasteiger partial charge in [0.1, 0.15) is 0 Å². The molecule has 96 valence electrons. The first kappa shape index (κ1) is 13.6. The fourth-order valence-electron chi connectivity index (χ4n) is 1.54. The maximum Gasteiger partial charge on any atom is 0.284 e. The van der Waals surface area contributed by atoms with E-state index in [1.807, 2.05) is 13.8 Å². The summed E-state index contributed by atoms with van der Waals surface area (Å²) in [5, 5.41) is 12.1. The average Bonchev–Trinajstić information content (AvgIpc) is 2.66. The Bertz CT molecular complexity index is 600. The van der Waals surface area contributed by atoms with Gasteiger partial charge >= 0.3 is 0 Å². The number of thioether (sulfide) groups is 1. The van der Waals surface area contributed by atoms with Crippen molar-refractivity contribution in [1.82, 2.24) is 4.98 Å². The molecule has 2 aromatic rings. The molecule has 18 heavy (non-hydrogen) atoms. The van der Waals surface area contributed by atoms with Crippen LogP contribution in [0.15, 0.2) is 17.0 Å². The Morgan fingerprint density at radius 2 is 2.33 bits per heavy atom. The lowest BCUT2D eigenvalue weighted by Crippen LogP contribution is -1.99. The predicted molar refractivity (Wildman–Crippen MR) is 77.1 cm³/mol. The average molecular weight is 303 g/mol. The summed E-state index contributed by atoms with van der Waals surface area (Å²) in [4.78, 5) is 15.7. The summed E-state index contributed by atoms with van der Waals surface area (Å²) in [6, 6.07) is 3.38. The van der Waals surface area contributed by atoms with Gasteiger partial charge in [0.15, 0.2) is 0 Å². The molecule has 2 rings (SSSR count). The van der Waals surface area contributed by atoms with E-state index in [9.17, 15) is 10.1 Å². The van der Waals surface area contributed by atoms with Gasteiger partial charge in [-0.05, 0) is 13.0 Å². The molecule has 0 N–H and O–H groups in total. The molecule has 0 aliphatic heterocycles. The van der Waals surface area contributed by atoms with Crippen molar-refractivity contribution >= 4 is 50.6 Å². The minimum atomic E-state index is -0.349. The number of nitro benzene ring substituents is 1. The monoisotopic (exact) mass is 302 g/mol. The zero-order valence-electron chi connectivity index (χ0n) is 9.84. The van der Waals surface area contributed by atoms with Gasteiger partial charge in [-0.2, -0.15) is 0 Å². The maximum absolute atomic E-state index is 11.1. The number of alkyl halides is 1. The van der Waals surface area contributed by atoms with Crippen molar-refractivity contribution in [2.45, 2.75) is 24.0 Å². The highest BCUT2D eigenvalue weighted by Crippen LogP contribution is 2.37. The quantitative estimate of drug-likeness (QED) is 0.367. The van der Waals surface area contributed by atoms with Crippen molar-refractivity contribution in [1.29, 1.82) is 0 Å². The lowest BCUT2D eigenvalue weighted by Gasteiger charge is -2.07. The van der Waals surface area contributed by atoms with Crippen LogP contribution in [0.1, 0.15) is 11.9 Å². The first-order chi connectivity index (χ1) is 8.51. The Balaban J connectivity index is 2.53. The van der Waals surface area contributed by atoms with E-state index < -0.39 is 0 Å². The van der Waals surface area contributed by atoms with Gasteiger partial charge in [0.25, 0.3) is 5.69 Å². The van der Waals surface area contributed by atoms with E-state index in [0.29, 0.717) is 10.8 Å². The lowest BCUT2D eigenvalue weighted by molar-refractivity contribution is -0.387. The van der Waals surface area contributed by atoms with Crippen LogP contribution in [0.25, 0.3) is 10.2 Å². The molecular weight excluding hydrogens is 292 g/mol. The number of nitro groups is 1. The summed E-state index contributed by atoms with van der Waals surface area (Å²) in [6.07, 6.45) is 0. The standard InChI is InChI=1S/C11H11ClN2O2S2/c1-6(5-12)17-11-3-8-10(18-7(2)13-8)4-9(11)14(15)16/h3-4,6H,5H2,1-2H3.